The van der Waals surface area contributed by atoms with Crippen molar-refractivity contribution in [1.29, 1.82) is 0 Å². The van der Waals surface area contributed by atoms with Gasteiger partial charge < -0.3 is 15.4 Å². The van der Waals surface area contributed by atoms with Crippen molar-refractivity contribution >= 4 is 5.91 Å². The molecule has 1 aliphatic carbocycles. The molecule has 0 aromatic carbocycles. The highest BCUT2D eigenvalue weighted by Crippen LogP contribution is 2.16. The Morgan fingerprint density at radius 1 is 1.50 bits per heavy atom. The lowest BCUT2D eigenvalue weighted by Crippen LogP contribution is -2.37. The Morgan fingerprint density at radius 2 is 2.38 bits per heavy atom. The van der Waals surface area contributed by atoms with Gasteiger partial charge >= 0.3 is 0 Å². The molecule has 0 bridgehead atoms. The number of hydrogen-bond acceptors (Lipinski definition) is 3. The standard InChI is InChI=1S/C12H22N2O2/c1-16-8-7-13-10-12(15)14-9-11-5-3-2-4-6-11/h2-3,11,13H,4-10H2,1H3,(H,14,15). The first-order valence-electron chi connectivity index (χ1n) is 5.94. The van der Waals surface area contributed by atoms with E-state index in [0.717, 1.165) is 25.9 Å². The number of ether oxygens (including phenoxy) is 1. The van der Waals surface area contributed by atoms with Crippen molar-refractivity contribution in [2.24, 2.45) is 5.92 Å². The second-order valence-electron chi connectivity index (χ2n) is 4.12. The van der Waals surface area contributed by atoms with Crippen LogP contribution in [-0.2, 0) is 9.53 Å². The van der Waals surface area contributed by atoms with Crippen LogP contribution in [0.2, 0.25) is 0 Å². The number of nitrogens with one attached hydrogen (secondary N) is 2. The van der Waals surface area contributed by atoms with Crippen molar-refractivity contribution in [3.63, 3.8) is 0 Å². The second kappa shape index (κ2) is 8.30. The smallest absolute Gasteiger partial charge is 0.233 e. The summed E-state index contributed by atoms with van der Waals surface area (Å²) in [4.78, 5) is 11.4. The van der Waals surface area contributed by atoms with Gasteiger partial charge in [0, 0.05) is 20.2 Å². The molecule has 0 aliphatic heterocycles. The van der Waals surface area contributed by atoms with E-state index in [1.807, 2.05) is 0 Å². The van der Waals surface area contributed by atoms with Crippen molar-refractivity contribution in [2.75, 3.05) is 33.4 Å². The highest BCUT2D eigenvalue weighted by Gasteiger charge is 2.10. The molecule has 0 fully saturated rings. The summed E-state index contributed by atoms with van der Waals surface area (Å²) in [7, 11) is 1.65. The minimum atomic E-state index is 0.0747. The van der Waals surface area contributed by atoms with Crippen LogP contribution < -0.4 is 10.6 Å². The monoisotopic (exact) mass is 226 g/mol. The summed E-state index contributed by atoms with van der Waals surface area (Å²) < 4.78 is 4.88. The summed E-state index contributed by atoms with van der Waals surface area (Å²) in [6.07, 6.45) is 7.85. The van der Waals surface area contributed by atoms with E-state index in [1.165, 1.54) is 6.42 Å². The molecule has 0 radical (unpaired) electrons. The molecule has 2 N–H and O–H groups in total. The van der Waals surface area contributed by atoms with Crippen LogP contribution in [0, 0.1) is 5.92 Å². The van der Waals surface area contributed by atoms with Crippen molar-refractivity contribution in [1.82, 2.24) is 10.6 Å². The van der Waals surface area contributed by atoms with Gasteiger partial charge in [0.2, 0.25) is 5.91 Å². The number of methoxy groups -OCH3 is 1. The number of allylic oxidation sites excluding steroid dienone is 2. The summed E-state index contributed by atoms with van der Waals surface area (Å²) in [6.45, 7) is 2.54. The average molecular weight is 226 g/mol. The Balaban J connectivity index is 1.99. The first-order chi connectivity index (χ1) is 7.83. The zero-order valence-corrected chi connectivity index (χ0v) is 10.00. The van der Waals surface area contributed by atoms with Crippen LogP contribution in [0.15, 0.2) is 12.2 Å². The van der Waals surface area contributed by atoms with E-state index >= 15 is 0 Å². The summed E-state index contributed by atoms with van der Waals surface area (Å²) in [5.41, 5.74) is 0. The molecule has 4 nitrogen and oxygen atoms in total. The fourth-order valence-corrected chi connectivity index (χ4v) is 1.74. The van der Waals surface area contributed by atoms with Gasteiger partial charge in [0.1, 0.15) is 0 Å². The van der Waals surface area contributed by atoms with E-state index in [-0.39, 0.29) is 5.91 Å². The fourth-order valence-electron chi connectivity index (χ4n) is 1.74. The summed E-state index contributed by atoms with van der Waals surface area (Å²) >= 11 is 0. The molecule has 1 amide bonds. The Bertz CT molecular complexity index is 229. The SMILES string of the molecule is COCCNCC(=O)NCC1CC=CCC1. The largest absolute Gasteiger partial charge is 0.383 e. The molecule has 4 heteroatoms. The van der Waals surface area contributed by atoms with Gasteiger partial charge in [-0.15, -0.1) is 0 Å². The summed E-state index contributed by atoms with van der Waals surface area (Å²) in [5.74, 6) is 0.693. The van der Waals surface area contributed by atoms with E-state index in [0.29, 0.717) is 19.1 Å². The maximum absolute atomic E-state index is 11.4. The predicted molar refractivity (Wildman–Crippen MR) is 64.2 cm³/mol. The van der Waals surface area contributed by atoms with E-state index in [2.05, 4.69) is 22.8 Å². The minimum absolute atomic E-state index is 0.0747. The molecular formula is C12H22N2O2. The quantitative estimate of drug-likeness (QED) is 0.496. The van der Waals surface area contributed by atoms with Crippen LogP contribution in [0.4, 0.5) is 0 Å². The molecule has 0 heterocycles. The van der Waals surface area contributed by atoms with Gasteiger partial charge in [-0.05, 0) is 25.2 Å². The lowest BCUT2D eigenvalue weighted by molar-refractivity contribution is -0.120. The van der Waals surface area contributed by atoms with Gasteiger partial charge in [-0.2, -0.15) is 0 Å². The van der Waals surface area contributed by atoms with Crippen molar-refractivity contribution in [3.05, 3.63) is 12.2 Å². The number of hydrogen-bond donors (Lipinski definition) is 2. The normalized spacial score (nSPS) is 19.7. The van der Waals surface area contributed by atoms with Crippen LogP contribution in [-0.4, -0.2) is 39.3 Å². The maximum atomic E-state index is 11.4. The molecule has 0 saturated heterocycles. The molecule has 0 saturated carbocycles. The molecule has 1 atom stereocenters. The Morgan fingerprint density at radius 3 is 3.06 bits per heavy atom. The van der Waals surface area contributed by atoms with Gasteiger partial charge in [0.25, 0.3) is 0 Å². The first kappa shape index (κ1) is 13.2. The van der Waals surface area contributed by atoms with Gasteiger partial charge in [0.15, 0.2) is 0 Å². The first-order valence-corrected chi connectivity index (χ1v) is 5.94. The number of rotatable bonds is 7. The molecule has 0 spiro atoms. The molecule has 0 aromatic heterocycles. The van der Waals surface area contributed by atoms with Crippen LogP contribution in [0.25, 0.3) is 0 Å². The Hall–Kier alpha value is -0.870. The van der Waals surface area contributed by atoms with E-state index < -0.39 is 0 Å². The van der Waals surface area contributed by atoms with Gasteiger partial charge in [-0.1, -0.05) is 12.2 Å². The lowest BCUT2D eigenvalue weighted by Gasteiger charge is -2.18. The number of amides is 1. The van der Waals surface area contributed by atoms with Gasteiger partial charge in [-0.25, -0.2) is 0 Å². The second-order valence-corrected chi connectivity index (χ2v) is 4.12. The third kappa shape index (κ3) is 5.88. The zero-order chi connectivity index (χ0) is 11.6. The van der Waals surface area contributed by atoms with Crippen LogP contribution in [0.3, 0.4) is 0 Å². The third-order valence-electron chi connectivity index (χ3n) is 2.73. The van der Waals surface area contributed by atoms with E-state index in [9.17, 15) is 4.79 Å². The fraction of sp³-hybridized carbons (Fsp3) is 0.750. The molecule has 1 unspecified atom stereocenters. The average Bonchev–Trinajstić information content (AvgIpc) is 2.33. The Kier molecular flexibility index (Phi) is 6.85. The number of carbonyl (C=O) groups is 1. The summed E-state index contributed by atoms with van der Waals surface area (Å²) in [5, 5.41) is 5.98. The predicted octanol–water partition coefficient (Wildman–Crippen LogP) is 0.695. The van der Waals surface area contributed by atoms with Gasteiger partial charge in [0.05, 0.1) is 13.2 Å². The van der Waals surface area contributed by atoms with Crippen LogP contribution >= 0.6 is 0 Å². The summed E-state index contributed by atoms with van der Waals surface area (Å²) in [6, 6.07) is 0. The third-order valence-corrected chi connectivity index (χ3v) is 2.73. The molecule has 0 aromatic rings. The molecule has 1 rings (SSSR count). The minimum Gasteiger partial charge on any atom is -0.383 e. The Labute approximate surface area is 97.4 Å². The molecule has 92 valence electrons. The van der Waals surface area contributed by atoms with Crippen molar-refractivity contribution in [2.45, 2.75) is 19.3 Å². The van der Waals surface area contributed by atoms with Gasteiger partial charge in [-0.3, -0.25) is 4.79 Å². The molecular weight excluding hydrogens is 204 g/mol. The van der Waals surface area contributed by atoms with E-state index in [4.69, 9.17) is 4.74 Å². The topological polar surface area (TPSA) is 50.4 Å². The molecule has 1 aliphatic rings. The maximum Gasteiger partial charge on any atom is 0.233 e. The van der Waals surface area contributed by atoms with Crippen molar-refractivity contribution < 1.29 is 9.53 Å². The zero-order valence-electron chi connectivity index (χ0n) is 10.00. The van der Waals surface area contributed by atoms with Crippen molar-refractivity contribution in [3.8, 4) is 0 Å². The van der Waals surface area contributed by atoms with Crippen LogP contribution in [0.5, 0.6) is 0 Å². The van der Waals surface area contributed by atoms with Crippen LogP contribution in [0.1, 0.15) is 19.3 Å². The highest BCUT2D eigenvalue weighted by molar-refractivity contribution is 5.77. The number of carbonyl (C=O) groups excluding carboxylic acids is 1. The van der Waals surface area contributed by atoms with E-state index in [1.54, 1.807) is 7.11 Å². The highest BCUT2D eigenvalue weighted by atomic mass is 16.5. The lowest BCUT2D eigenvalue weighted by atomic mass is 9.94. The molecule has 16 heavy (non-hydrogen) atoms.